The summed E-state index contributed by atoms with van der Waals surface area (Å²) in [6.07, 6.45) is 1.10. The van der Waals surface area contributed by atoms with Gasteiger partial charge in [-0.2, -0.15) is 0 Å². The molecule has 0 aromatic heterocycles. The number of carbonyl (C=O) groups excluding carboxylic acids is 1. The average molecular weight is 246 g/mol. The summed E-state index contributed by atoms with van der Waals surface area (Å²) in [6.45, 7) is 6.45. The number of carbonyl (C=O) groups is 1. The van der Waals surface area contributed by atoms with Gasteiger partial charge in [0.2, 0.25) is 5.91 Å². The van der Waals surface area contributed by atoms with Crippen molar-refractivity contribution in [3.05, 3.63) is 12.7 Å². The second-order valence-corrected chi connectivity index (χ2v) is 3.54. The van der Waals surface area contributed by atoms with Crippen molar-refractivity contribution in [2.24, 2.45) is 0 Å². The fourth-order valence-electron chi connectivity index (χ4n) is 0.586. The maximum Gasteiger partial charge on any atom is 1.00 e. The van der Waals surface area contributed by atoms with Crippen LogP contribution in [0.4, 0.5) is 0 Å². The third-order valence-corrected chi connectivity index (χ3v) is 1.75. The van der Waals surface area contributed by atoms with Gasteiger partial charge in [-0.3, -0.25) is 8.98 Å². The van der Waals surface area contributed by atoms with Crippen LogP contribution in [0.1, 0.15) is 15.3 Å². The predicted molar refractivity (Wildman–Crippen MR) is 48.4 cm³/mol. The first-order valence-electron chi connectivity index (χ1n) is 3.56. The van der Waals surface area contributed by atoms with Gasteiger partial charge in [-0.25, -0.2) is 4.21 Å². The third-order valence-electron chi connectivity index (χ3n) is 1.17. The van der Waals surface area contributed by atoms with Crippen LogP contribution in [-0.2, 0) is 20.3 Å². The largest absolute Gasteiger partial charge is 1.00 e. The van der Waals surface area contributed by atoms with Gasteiger partial charge in [-0.15, -0.1) is 0 Å². The fraction of sp³-hybridized carbons (Fsp3) is 0.571. The summed E-state index contributed by atoms with van der Waals surface area (Å²) in [6, 6.07) is 0. The molecule has 0 fully saturated rings. The first kappa shape index (κ1) is 17.3. The van der Waals surface area contributed by atoms with Crippen LogP contribution in [0, 0.1) is 0 Å². The second kappa shape index (κ2) is 8.11. The molecule has 0 heterocycles. The van der Waals surface area contributed by atoms with E-state index in [1.165, 1.54) is 0 Å². The molecule has 1 amide bonds. The van der Waals surface area contributed by atoms with Gasteiger partial charge in [0, 0.05) is 6.54 Å². The van der Waals surface area contributed by atoms with Crippen LogP contribution >= 0.6 is 0 Å². The molecular weight excluding hydrogens is 233 g/mol. The van der Waals surface area contributed by atoms with E-state index in [9.17, 15) is 13.6 Å². The van der Waals surface area contributed by atoms with Gasteiger partial charge in [0.1, 0.15) is 0 Å². The van der Waals surface area contributed by atoms with Crippen LogP contribution in [0.3, 0.4) is 0 Å². The summed E-state index contributed by atoms with van der Waals surface area (Å²) in [4.78, 5) is 10.7. The van der Waals surface area contributed by atoms with Crippen LogP contribution in [0.5, 0.6) is 0 Å². The Morgan fingerprint density at radius 2 is 2.29 bits per heavy atom. The molecule has 0 radical (unpaired) electrons. The molecule has 0 bridgehead atoms. The van der Waals surface area contributed by atoms with E-state index in [2.05, 4.69) is 16.1 Å². The predicted octanol–water partition coefficient (Wildman–Crippen LogP) is -3.01. The monoisotopic (exact) mass is 246 g/mol. The van der Waals surface area contributed by atoms with Crippen molar-refractivity contribution in [3.63, 3.8) is 0 Å². The van der Waals surface area contributed by atoms with Crippen molar-refractivity contribution in [1.29, 1.82) is 0 Å². The van der Waals surface area contributed by atoms with E-state index in [-0.39, 0.29) is 65.3 Å². The van der Waals surface area contributed by atoms with Crippen LogP contribution in [0.2, 0.25) is 0 Å². The molecule has 0 saturated heterocycles. The van der Waals surface area contributed by atoms with Crippen molar-refractivity contribution in [2.45, 2.75) is 19.4 Å². The molecule has 5 nitrogen and oxygen atoms in total. The quantitative estimate of drug-likeness (QED) is 0.318. The van der Waals surface area contributed by atoms with Crippen molar-refractivity contribution in [2.75, 3.05) is 6.54 Å². The Bertz CT molecular complexity index is 237. The second-order valence-electron chi connectivity index (χ2n) is 2.97. The molecule has 1 unspecified atom stereocenters. The van der Waals surface area contributed by atoms with Crippen LogP contribution in [-0.4, -0.2) is 26.8 Å². The van der Waals surface area contributed by atoms with E-state index < -0.39 is 17.0 Å². The zero-order valence-corrected chi connectivity index (χ0v) is 12.5. The Balaban J connectivity index is -0.000000720. The molecule has 0 spiro atoms. The summed E-state index contributed by atoms with van der Waals surface area (Å²) in [5.41, 5.74) is -0.939. The summed E-state index contributed by atoms with van der Waals surface area (Å²) >= 11 is -2.58. The van der Waals surface area contributed by atoms with E-state index in [1.807, 2.05) is 0 Å². The molecule has 0 aliphatic carbocycles. The Kier molecular flexibility index (Phi) is 10.0. The summed E-state index contributed by atoms with van der Waals surface area (Å²) in [5, 5.41) is 2.42. The maximum absolute atomic E-state index is 10.7. The standard InChI is InChI=1S/C7H13NO4S.K.H/c1-4-6(9)8-5-7(2,3)12-13(10)11;;/h4H,1,5H2,2-3H3,(H,8,9)(H,10,11);;/q;+1;-1/p-1. The summed E-state index contributed by atoms with van der Waals surface area (Å²) < 4.78 is 24.8. The van der Waals surface area contributed by atoms with Crippen LogP contribution in [0.25, 0.3) is 0 Å². The Labute approximate surface area is 130 Å². The molecular formula is C7H13KNO4S-. The number of hydrogen-bond acceptors (Lipinski definition) is 4. The molecule has 0 saturated carbocycles. The van der Waals surface area contributed by atoms with Gasteiger partial charge in [-0.1, -0.05) is 6.58 Å². The molecule has 0 rings (SSSR count). The van der Waals surface area contributed by atoms with Gasteiger partial charge in [0.25, 0.3) is 0 Å². The molecule has 0 aliphatic rings. The molecule has 0 aliphatic heterocycles. The van der Waals surface area contributed by atoms with Gasteiger partial charge >= 0.3 is 51.4 Å². The minimum absolute atomic E-state index is 0. The molecule has 1 atom stereocenters. The van der Waals surface area contributed by atoms with E-state index in [0.717, 1.165) is 6.08 Å². The smallest absolute Gasteiger partial charge is 1.00 e. The third kappa shape index (κ3) is 9.47. The molecule has 7 heteroatoms. The summed E-state index contributed by atoms with van der Waals surface area (Å²) in [7, 11) is 0. The Morgan fingerprint density at radius 1 is 1.79 bits per heavy atom. The maximum atomic E-state index is 10.7. The zero-order chi connectivity index (χ0) is 10.5. The molecule has 14 heavy (non-hydrogen) atoms. The fourth-order valence-corrected chi connectivity index (χ4v) is 1.01. The van der Waals surface area contributed by atoms with Crippen molar-refractivity contribution < 1.29 is 70.6 Å². The minimum atomic E-state index is -2.58. The van der Waals surface area contributed by atoms with Gasteiger partial charge in [0.15, 0.2) is 0 Å². The first-order chi connectivity index (χ1) is 5.87. The van der Waals surface area contributed by atoms with Crippen LogP contribution in [0.15, 0.2) is 12.7 Å². The molecule has 78 valence electrons. The molecule has 0 aromatic rings. The van der Waals surface area contributed by atoms with E-state index in [4.69, 9.17) is 0 Å². The first-order valence-corrected chi connectivity index (χ1v) is 4.56. The average Bonchev–Trinajstić information content (AvgIpc) is 1.98. The van der Waals surface area contributed by atoms with Crippen molar-refractivity contribution in [1.82, 2.24) is 5.32 Å². The minimum Gasteiger partial charge on any atom is -1.00 e. The summed E-state index contributed by atoms with van der Waals surface area (Å²) in [5.74, 6) is -0.367. The van der Waals surface area contributed by atoms with Crippen LogP contribution < -0.4 is 56.7 Å². The SMILES string of the molecule is C=CC(=O)NCC(C)(C)OS(=O)[O-].[H-].[K+]. The normalized spacial score (nSPS) is 12.5. The van der Waals surface area contributed by atoms with E-state index in [1.54, 1.807) is 13.8 Å². The molecule has 1 N–H and O–H groups in total. The Hall–Kier alpha value is 0.916. The van der Waals surface area contributed by atoms with Crippen molar-refractivity contribution in [3.8, 4) is 0 Å². The number of amides is 1. The Morgan fingerprint density at radius 3 is 2.64 bits per heavy atom. The van der Waals surface area contributed by atoms with E-state index in [0.29, 0.717) is 0 Å². The van der Waals surface area contributed by atoms with Gasteiger partial charge in [-0.05, 0) is 19.9 Å². The number of rotatable bonds is 5. The number of nitrogens with one attached hydrogen (secondary N) is 1. The van der Waals surface area contributed by atoms with Gasteiger partial charge < -0.3 is 11.3 Å². The topological polar surface area (TPSA) is 78.5 Å². The zero-order valence-electron chi connectivity index (χ0n) is 9.53. The molecule has 0 aromatic carbocycles. The number of hydrogen-bond donors (Lipinski definition) is 1. The van der Waals surface area contributed by atoms with Gasteiger partial charge in [0.05, 0.1) is 17.0 Å². The van der Waals surface area contributed by atoms with E-state index >= 15 is 0 Å². The van der Waals surface area contributed by atoms with Crippen molar-refractivity contribution >= 4 is 17.3 Å².